The van der Waals surface area contributed by atoms with Gasteiger partial charge < -0.3 is 39.5 Å². The minimum atomic E-state index is -0.593. The van der Waals surface area contributed by atoms with Crippen molar-refractivity contribution in [3.63, 3.8) is 0 Å². The number of benzene rings is 2. The number of rotatable bonds is 11. The fraction of sp³-hybridized carbons (Fsp3) is 0.521. The SMILES string of the molecule is CNC(=O)COc1cc2cc(Nc3nc(N4CCC(CN5CCC6(CC5)CC5(CN(c7ccc8c(c7)CN(C7CCC(=O)NC7=O)C8=O)C5)C6)CC4)ncc3Cl)ccc2n(C(C)C)c1=O. The molecule has 5 aliphatic heterocycles. The van der Waals surface area contributed by atoms with E-state index < -0.39 is 6.04 Å². The van der Waals surface area contributed by atoms with Crippen molar-refractivity contribution < 1.29 is 23.9 Å². The number of hydrogen-bond donors (Lipinski definition) is 3. The molecule has 3 N–H and O–H groups in total. The molecule has 65 heavy (non-hydrogen) atoms. The van der Waals surface area contributed by atoms with Crippen molar-refractivity contribution >= 4 is 69.3 Å². The lowest BCUT2D eigenvalue weighted by Crippen LogP contribution is -2.67. The largest absolute Gasteiger partial charge is 0.478 e. The van der Waals surface area contributed by atoms with Crippen molar-refractivity contribution in [2.75, 3.05) is 74.6 Å². The smallest absolute Gasteiger partial charge is 0.293 e. The molecule has 4 saturated heterocycles. The zero-order valence-corrected chi connectivity index (χ0v) is 38.1. The number of likely N-dealkylation sites (tertiary alicyclic amines) is 1. The highest BCUT2D eigenvalue weighted by Gasteiger charge is 2.60. The lowest BCUT2D eigenvalue weighted by Gasteiger charge is -2.66. The van der Waals surface area contributed by atoms with Crippen LogP contribution in [0.3, 0.4) is 0 Å². The van der Waals surface area contributed by atoms with Gasteiger partial charge in [-0.15, -0.1) is 0 Å². The predicted molar refractivity (Wildman–Crippen MR) is 248 cm³/mol. The highest BCUT2D eigenvalue weighted by molar-refractivity contribution is 6.33. The van der Waals surface area contributed by atoms with Crippen LogP contribution in [0.4, 0.5) is 23.1 Å². The average molecular weight is 906 g/mol. The second-order valence-corrected chi connectivity index (χ2v) is 20.1. The number of likely N-dealkylation sites (N-methyl/N-ethyl adjacent to an activating group) is 1. The van der Waals surface area contributed by atoms with Crippen molar-refractivity contribution in [2.45, 2.75) is 83.8 Å². The van der Waals surface area contributed by atoms with Gasteiger partial charge in [0.2, 0.25) is 17.8 Å². The van der Waals surface area contributed by atoms with Crippen LogP contribution in [0.2, 0.25) is 5.02 Å². The van der Waals surface area contributed by atoms with Gasteiger partial charge in [0.15, 0.2) is 18.2 Å². The number of hydrogen-bond acceptors (Lipinski definition) is 12. The maximum atomic E-state index is 13.3. The van der Waals surface area contributed by atoms with Crippen molar-refractivity contribution in [3.05, 3.63) is 75.2 Å². The summed E-state index contributed by atoms with van der Waals surface area (Å²) >= 11 is 6.63. The number of imide groups is 1. The Balaban J connectivity index is 0.688. The number of nitrogens with zero attached hydrogens (tertiary/aromatic N) is 7. The molecular formula is C48H57ClN10O6. The molecule has 6 aliphatic rings. The summed E-state index contributed by atoms with van der Waals surface area (Å²) in [6.45, 7) is 11.3. The van der Waals surface area contributed by atoms with Crippen LogP contribution in [0.15, 0.2) is 53.5 Å². The topological polar surface area (TPSA) is 174 Å². The van der Waals surface area contributed by atoms with Gasteiger partial charge in [-0.3, -0.25) is 29.3 Å². The van der Waals surface area contributed by atoms with Crippen LogP contribution in [-0.2, 0) is 20.9 Å². The number of piperidine rings is 3. The van der Waals surface area contributed by atoms with Gasteiger partial charge >= 0.3 is 0 Å². The van der Waals surface area contributed by atoms with E-state index in [0.29, 0.717) is 52.1 Å². The molecule has 342 valence electrons. The summed E-state index contributed by atoms with van der Waals surface area (Å²) in [5.41, 5.74) is 4.83. The van der Waals surface area contributed by atoms with Crippen LogP contribution in [0.1, 0.15) is 87.2 Å². The Morgan fingerprint density at radius 2 is 1.72 bits per heavy atom. The number of ether oxygens (including phenoxy) is 1. The predicted octanol–water partition coefficient (Wildman–Crippen LogP) is 5.25. The standard InChI is InChI=1S/C48H57ClN10O6/c1-29(2)59-37-7-4-33(18-31(37)20-39(45(59)64)65-24-41(61)50-3)52-42-36(49)21-51-46(54-42)56-14-10-30(11-15-56)22-55-16-12-47(13-17-55)25-48(26-47)27-57(28-48)34-5-6-35-32(19-34)23-58(44(35)63)38-8-9-40(60)53-43(38)62/h4-7,18-21,29-30,38H,8-17,22-28H2,1-3H3,(H,50,61)(H,51,52,54)(H,53,60,62). The Labute approximate surface area is 383 Å². The van der Waals surface area contributed by atoms with E-state index in [4.69, 9.17) is 21.3 Å². The molecule has 2 spiro atoms. The maximum Gasteiger partial charge on any atom is 0.293 e. The van der Waals surface area contributed by atoms with Crippen LogP contribution >= 0.6 is 11.6 Å². The third kappa shape index (κ3) is 8.28. The number of anilines is 4. The molecule has 4 aromatic rings. The molecule has 2 aromatic carbocycles. The Bertz CT molecular complexity index is 2620. The first-order valence-corrected chi connectivity index (χ1v) is 23.5. The second kappa shape index (κ2) is 16.9. The third-order valence-corrected chi connectivity index (χ3v) is 15.2. The van der Waals surface area contributed by atoms with E-state index in [9.17, 15) is 24.0 Å². The summed E-state index contributed by atoms with van der Waals surface area (Å²) in [6, 6.07) is 12.8. The van der Waals surface area contributed by atoms with Crippen LogP contribution in [0.5, 0.6) is 5.75 Å². The van der Waals surface area contributed by atoms with E-state index in [-0.39, 0.29) is 54.0 Å². The van der Waals surface area contributed by atoms with E-state index in [1.807, 2.05) is 38.1 Å². The molecule has 17 heteroatoms. The van der Waals surface area contributed by atoms with Crippen molar-refractivity contribution in [1.82, 2.24) is 35.0 Å². The van der Waals surface area contributed by atoms with Crippen LogP contribution in [0.25, 0.3) is 10.9 Å². The molecule has 0 bridgehead atoms. The highest BCUT2D eigenvalue weighted by Crippen LogP contribution is 2.63. The van der Waals surface area contributed by atoms with Crippen LogP contribution in [0, 0.1) is 16.7 Å². The summed E-state index contributed by atoms with van der Waals surface area (Å²) in [5, 5.41) is 9.44. The summed E-state index contributed by atoms with van der Waals surface area (Å²) in [7, 11) is 1.52. The molecule has 0 radical (unpaired) electrons. The van der Waals surface area contributed by atoms with Crippen LogP contribution < -0.4 is 36.0 Å². The molecule has 1 atom stereocenters. The number of carbonyl (C=O) groups is 4. The number of halogens is 1. The molecule has 1 aliphatic carbocycles. The third-order valence-electron chi connectivity index (χ3n) is 14.9. The fourth-order valence-electron chi connectivity index (χ4n) is 11.7. The monoisotopic (exact) mass is 904 g/mol. The molecule has 5 fully saturated rings. The van der Waals surface area contributed by atoms with Crippen molar-refractivity contribution in [2.24, 2.45) is 16.7 Å². The highest BCUT2D eigenvalue weighted by atomic mass is 35.5. The van der Waals surface area contributed by atoms with Gasteiger partial charge in [0.1, 0.15) is 11.1 Å². The summed E-state index contributed by atoms with van der Waals surface area (Å²) < 4.78 is 7.30. The molecule has 10 rings (SSSR count). The molecule has 7 heterocycles. The summed E-state index contributed by atoms with van der Waals surface area (Å²) in [4.78, 5) is 81.0. The molecule has 1 saturated carbocycles. The van der Waals surface area contributed by atoms with Crippen molar-refractivity contribution in [3.8, 4) is 5.75 Å². The maximum absolute atomic E-state index is 13.3. The molecular weight excluding hydrogens is 848 g/mol. The van der Waals surface area contributed by atoms with Gasteiger partial charge in [-0.25, -0.2) is 4.98 Å². The van der Waals surface area contributed by atoms with Gasteiger partial charge in [-0.2, -0.15) is 4.98 Å². The van der Waals surface area contributed by atoms with Gasteiger partial charge in [0.05, 0.1) is 11.7 Å². The van der Waals surface area contributed by atoms with Gasteiger partial charge in [-0.05, 0) is 131 Å². The first-order chi connectivity index (χ1) is 31.3. The zero-order valence-electron chi connectivity index (χ0n) is 37.3. The number of aromatic nitrogens is 3. The molecule has 16 nitrogen and oxygen atoms in total. The minimum Gasteiger partial charge on any atom is -0.478 e. The summed E-state index contributed by atoms with van der Waals surface area (Å²) in [6.07, 6.45) is 9.55. The van der Waals surface area contributed by atoms with Gasteiger partial charge in [0, 0.05) is 86.5 Å². The molecule has 1 unspecified atom stereocenters. The zero-order chi connectivity index (χ0) is 45.2. The van der Waals surface area contributed by atoms with E-state index in [1.165, 1.54) is 32.7 Å². The molecule has 2 aromatic heterocycles. The van der Waals surface area contributed by atoms with Gasteiger partial charge in [0.25, 0.3) is 17.4 Å². The van der Waals surface area contributed by atoms with E-state index in [0.717, 1.165) is 86.5 Å². The second-order valence-electron chi connectivity index (χ2n) is 19.7. The van der Waals surface area contributed by atoms with Crippen molar-refractivity contribution in [1.29, 1.82) is 0 Å². The Morgan fingerprint density at radius 1 is 0.954 bits per heavy atom. The molecule has 4 amide bonds. The summed E-state index contributed by atoms with van der Waals surface area (Å²) in [5.74, 6) is 0.784. The minimum absolute atomic E-state index is 0.106. The van der Waals surface area contributed by atoms with Crippen LogP contribution in [-0.4, -0.2) is 113 Å². The average Bonchev–Trinajstić information content (AvgIpc) is 3.59. The Hall–Kier alpha value is -5.74. The Kier molecular flexibility index (Phi) is 11.2. The lowest BCUT2D eigenvalue weighted by molar-refractivity contribution is -0.137. The first-order valence-electron chi connectivity index (χ1n) is 23.1. The van der Waals surface area contributed by atoms with Gasteiger partial charge in [-0.1, -0.05) is 11.6 Å². The lowest BCUT2D eigenvalue weighted by atomic mass is 9.47. The van der Waals surface area contributed by atoms with E-state index in [1.54, 1.807) is 21.7 Å². The normalized spacial score (nSPS) is 21.7. The Morgan fingerprint density at radius 3 is 2.45 bits per heavy atom. The van der Waals surface area contributed by atoms with E-state index in [2.05, 4.69) is 47.8 Å². The number of carbonyl (C=O) groups excluding carboxylic acids is 4. The first kappa shape index (κ1) is 43.2. The number of amides is 4. The quantitative estimate of drug-likeness (QED) is 0.167. The van der Waals surface area contributed by atoms with E-state index >= 15 is 0 Å². The number of nitrogens with one attached hydrogen (secondary N) is 3. The number of pyridine rings is 1. The fourth-order valence-corrected chi connectivity index (χ4v) is 11.8. The number of fused-ring (bicyclic) bond motifs is 2.